The van der Waals surface area contributed by atoms with Crippen LogP contribution in [0.1, 0.15) is 43.9 Å². The van der Waals surface area contributed by atoms with Crippen molar-refractivity contribution >= 4 is 22.0 Å². The minimum Gasteiger partial charge on any atom is -0.438 e. The predicted molar refractivity (Wildman–Crippen MR) is 109 cm³/mol. The molecule has 4 nitrogen and oxygen atoms in total. The highest BCUT2D eigenvalue weighted by Gasteiger charge is 2.44. The summed E-state index contributed by atoms with van der Waals surface area (Å²) in [5, 5.41) is 9.53. The largest absolute Gasteiger partial charge is 0.438 e. The van der Waals surface area contributed by atoms with Gasteiger partial charge in [-0.05, 0) is 54.7 Å². The minimum absolute atomic E-state index is 0.000491. The van der Waals surface area contributed by atoms with Crippen LogP contribution in [0.4, 0.5) is 9.18 Å². The molecule has 150 valence electrons. The molecule has 0 spiro atoms. The second-order valence-electron chi connectivity index (χ2n) is 7.53. The number of rotatable bonds is 6. The quantitative estimate of drug-likeness (QED) is 0.641. The highest BCUT2D eigenvalue weighted by molar-refractivity contribution is 9.10. The van der Waals surface area contributed by atoms with E-state index >= 15 is 0 Å². The zero-order chi connectivity index (χ0) is 20.3. The van der Waals surface area contributed by atoms with Crippen LogP contribution < -0.4 is 0 Å². The number of aliphatic hydroxyl groups is 1. The summed E-state index contributed by atoms with van der Waals surface area (Å²) in [6.07, 6.45) is 0.674. The summed E-state index contributed by atoms with van der Waals surface area (Å²) in [6, 6.07) is 13.8. The average Bonchev–Trinajstić information content (AvgIpc) is 2.68. The topological polar surface area (TPSA) is 49.8 Å². The van der Waals surface area contributed by atoms with Gasteiger partial charge in [-0.15, -0.1) is 0 Å². The Bertz CT molecular complexity index is 812. The zero-order valence-corrected chi connectivity index (χ0v) is 17.7. The fraction of sp³-hybridized carbons (Fsp3) is 0.409. The Morgan fingerprint density at radius 2 is 1.82 bits per heavy atom. The van der Waals surface area contributed by atoms with E-state index < -0.39 is 11.7 Å². The van der Waals surface area contributed by atoms with Gasteiger partial charge in [0.1, 0.15) is 11.4 Å². The molecule has 1 amide bonds. The van der Waals surface area contributed by atoms with Crippen molar-refractivity contribution in [1.82, 2.24) is 4.90 Å². The Hall–Kier alpha value is -1.92. The second kappa shape index (κ2) is 8.62. The van der Waals surface area contributed by atoms with E-state index in [0.29, 0.717) is 19.4 Å². The molecule has 0 saturated carbocycles. The lowest BCUT2D eigenvalue weighted by molar-refractivity contribution is -0.0755. The molecule has 1 aliphatic rings. The third-order valence-corrected chi connectivity index (χ3v) is 5.98. The van der Waals surface area contributed by atoms with E-state index in [1.165, 1.54) is 12.1 Å². The van der Waals surface area contributed by atoms with E-state index in [0.717, 1.165) is 15.6 Å². The van der Waals surface area contributed by atoms with E-state index in [2.05, 4.69) is 15.9 Å². The van der Waals surface area contributed by atoms with Gasteiger partial charge < -0.3 is 14.7 Å². The Balaban J connectivity index is 1.84. The van der Waals surface area contributed by atoms with Crippen LogP contribution in [-0.4, -0.2) is 29.3 Å². The summed E-state index contributed by atoms with van der Waals surface area (Å²) in [6.45, 7) is 4.41. The molecule has 0 aromatic heterocycles. The molecular weight excluding hydrogens is 425 g/mol. The van der Waals surface area contributed by atoms with Gasteiger partial charge in [-0.3, -0.25) is 0 Å². The van der Waals surface area contributed by atoms with Crippen LogP contribution >= 0.6 is 15.9 Å². The van der Waals surface area contributed by atoms with Crippen molar-refractivity contribution in [3.63, 3.8) is 0 Å². The molecule has 0 radical (unpaired) electrons. The number of nitrogens with zero attached hydrogens (tertiary/aromatic N) is 1. The normalized spacial score (nSPS) is 21.9. The van der Waals surface area contributed by atoms with Crippen LogP contribution in [0.2, 0.25) is 0 Å². The van der Waals surface area contributed by atoms with Crippen molar-refractivity contribution < 1.29 is 19.0 Å². The first-order valence-corrected chi connectivity index (χ1v) is 10.3. The van der Waals surface area contributed by atoms with E-state index in [9.17, 15) is 14.3 Å². The number of benzene rings is 2. The van der Waals surface area contributed by atoms with Crippen molar-refractivity contribution in [3.05, 3.63) is 69.9 Å². The van der Waals surface area contributed by atoms with Gasteiger partial charge >= 0.3 is 6.09 Å². The molecule has 3 rings (SSSR count). The van der Waals surface area contributed by atoms with Crippen molar-refractivity contribution in [3.8, 4) is 0 Å². The number of hydrogen-bond acceptors (Lipinski definition) is 3. The number of carbonyl (C=O) groups is 1. The first-order chi connectivity index (χ1) is 13.3. The molecule has 0 bridgehead atoms. The van der Waals surface area contributed by atoms with Crippen LogP contribution in [0.15, 0.2) is 53.0 Å². The highest BCUT2D eigenvalue weighted by atomic mass is 79.9. The van der Waals surface area contributed by atoms with Crippen molar-refractivity contribution in [2.24, 2.45) is 5.92 Å². The predicted octanol–water partition coefficient (Wildman–Crippen LogP) is 5.41. The molecule has 1 fully saturated rings. The third-order valence-electron chi connectivity index (χ3n) is 5.45. The van der Waals surface area contributed by atoms with Crippen LogP contribution in [0.25, 0.3) is 0 Å². The number of halogens is 2. The van der Waals surface area contributed by atoms with Gasteiger partial charge in [0.25, 0.3) is 0 Å². The number of cyclic esters (lactones) is 1. The standard InChI is InChI=1S/C22H25BrFNO3/c1-15(14-26)13-22(18-5-9-20(24)10-6-18)11-12-25(21(27)28-22)16(2)17-3-7-19(23)8-4-17/h3-10,15-16,26H,11-14H2,1-2H3/t15-,16+,22+/m1/s1. The molecule has 0 unspecified atom stereocenters. The van der Waals surface area contributed by atoms with E-state index in [4.69, 9.17) is 4.74 Å². The van der Waals surface area contributed by atoms with Crippen LogP contribution in [0.5, 0.6) is 0 Å². The van der Waals surface area contributed by atoms with Gasteiger partial charge in [-0.2, -0.15) is 0 Å². The lowest BCUT2D eigenvalue weighted by Gasteiger charge is -2.44. The van der Waals surface area contributed by atoms with Gasteiger partial charge in [0.05, 0.1) is 6.04 Å². The number of amides is 1. The second-order valence-corrected chi connectivity index (χ2v) is 8.45. The molecule has 3 atom stereocenters. The molecule has 1 aliphatic heterocycles. The lowest BCUT2D eigenvalue weighted by Crippen LogP contribution is -2.49. The summed E-state index contributed by atoms with van der Waals surface area (Å²) in [7, 11) is 0. The number of aliphatic hydroxyl groups excluding tert-OH is 1. The summed E-state index contributed by atoms with van der Waals surface area (Å²) in [5.74, 6) is -0.380. The Morgan fingerprint density at radius 3 is 2.39 bits per heavy atom. The maximum absolute atomic E-state index is 13.4. The molecule has 28 heavy (non-hydrogen) atoms. The maximum atomic E-state index is 13.4. The van der Waals surface area contributed by atoms with Gasteiger partial charge in [0.2, 0.25) is 0 Å². The van der Waals surface area contributed by atoms with E-state index in [1.807, 2.05) is 38.1 Å². The average molecular weight is 450 g/mol. The lowest BCUT2D eigenvalue weighted by atomic mass is 9.81. The highest BCUT2D eigenvalue weighted by Crippen LogP contribution is 2.41. The maximum Gasteiger partial charge on any atom is 0.411 e. The van der Waals surface area contributed by atoms with Crippen LogP contribution in [0, 0.1) is 11.7 Å². The first-order valence-electron chi connectivity index (χ1n) is 9.46. The SMILES string of the molecule is C[C@@H](CO)C[C@]1(c2ccc(F)cc2)CCN([C@@H](C)c2ccc(Br)cc2)C(=O)O1. The Kier molecular flexibility index (Phi) is 6.40. The molecule has 0 aliphatic carbocycles. The van der Waals surface area contributed by atoms with Gasteiger partial charge in [-0.25, -0.2) is 9.18 Å². The molecule has 1 saturated heterocycles. The smallest absolute Gasteiger partial charge is 0.411 e. The van der Waals surface area contributed by atoms with Gasteiger partial charge in [0.15, 0.2) is 0 Å². The third kappa shape index (κ3) is 4.39. The molecule has 2 aromatic carbocycles. The number of hydrogen-bond donors (Lipinski definition) is 1. The number of ether oxygens (including phenoxy) is 1. The van der Waals surface area contributed by atoms with Crippen molar-refractivity contribution in [1.29, 1.82) is 0 Å². The van der Waals surface area contributed by atoms with Crippen LogP contribution in [-0.2, 0) is 10.3 Å². The number of carbonyl (C=O) groups excluding carboxylic acids is 1. The van der Waals surface area contributed by atoms with E-state index in [1.54, 1.807) is 17.0 Å². The minimum atomic E-state index is -0.858. The summed E-state index contributed by atoms with van der Waals surface area (Å²) in [5.41, 5.74) is 0.930. The summed E-state index contributed by atoms with van der Waals surface area (Å²) in [4.78, 5) is 14.7. The summed E-state index contributed by atoms with van der Waals surface area (Å²) < 4.78 is 20.4. The monoisotopic (exact) mass is 449 g/mol. The Morgan fingerprint density at radius 1 is 1.18 bits per heavy atom. The zero-order valence-electron chi connectivity index (χ0n) is 16.1. The van der Waals surface area contributed by atoms with Gasteiger partial charge in [-0.1, -0.05) is 47.1 Å². The molecule has 6 heteroatoms. The van der Waals surface area contributed by atoms with Crippen molar-refractivity contribution in [2.75, 3.05) is 13.2 Å². The fourth-order valence-corrected chi connectivity index (χ4v) is 4.05. The van der Waals surface area contributed by atoms with Crippen molar-refractivity contribution in [2.45, 2.75) is 38.3 Å². The molecule has 1 N–H and O–H groups in total. The van der Waals surface area contributed by atoms with Crippen LogP contribution in [0.3, 0.4) is 0 Å². The van der Waals surface area contributed by atoms with E-state index in [-0.39, 0.29) is 24.4 Å². The molecule has 2 aromatic rings. The summed E-state index contributed by atoms with van der Waals surface area (Å²) >= 11 is 3.43. The molecular formula is C22H25BrFNO3. The molecule has 1 heterocycles. The van der Waals surface area contributed by atoms with Gasteiger partial charge in [0, 0.05) is 24.0 Å². The fourth-order valence-electron chi connectivity index (χ4n) is 3.79. The first kappa shape index (κ1) is 20.8. The Labute approximate surface area is 173 Å².